The Balaban J connectivity index is 1.89. The molecule has 0 amide bonds. The van der Waals surface area contributed by atoms with E-state index in [1.165, 1.54) is 18.4 Å². The minimum atomic E-state index is 0.771. The maximum absolute atomic E-state index is 5.18. The van der Waals surface area contributed by atoms with Gasteiger partial charge in [-0.2, -0.15) is 0 Å². The highest BCUT2D eigenvalue weighted by atomic mass is 79.9. The average Bonchev–Trinajstić information content (AvgIpc) is 3.08. The van der Waals surface area contributed by atoms with Crippen molar-refractivity contribution in [3.63, 3.8) is 0 Å². The Morgan fingerprint density at radius 1 is 1.50 bits per heavy atom. The highest BCUT2D eigenvalue weighted by molar-refractivity contribution is 9.10. The van der Waals surface area contributed by atoms with Gasteiger partial charge in [0.15, 0.2) is 0 Å². The number of halogens is 1. The van der Waals surface area contributed by atoms with Crippen LogP contribution < -0.4 is 10.1 Å². The van der Waals surface area contributed by atoms with Crippen LogP contribution in [-0.4, -0.2) is 19.7 Å². The summed E-state index contributed by atoms with van der Waals surface area (Å²) >= 11 is 3.47. The van der Waals surface area contributed by atoms with E-state index in [1.807, 2.05) is 6.07 Å². The molecule has 86 valence electrons. The predicted molar refractivity (Wildman–Crippen MR) is 70.8 cm³/mol. The first-order chi connectivity index (χ1) is 7.79. The van der Waals surface area contributed by atoms with Gasteiger partial charge in [0.2, 0.25) is 0 Å². The van der Waals surface area contributed by atoms with Gasteiger partial charge in [0.05, 0.1) is 11.6 Å². The van der Waals surface area contributed by atoms with E-state index in [9.17, 15) is 0 Å². The van der Waals surface area contributed by atoms with Crippen LogP contribution in [0.3, 0.4) is 0 Å². The lowest BCUT2D eigenvalue weighted by atomic mass is 10.2. The molecule has 3 heteroatoms. The molecule has 2 nitrogen and oxygen atoms in total. The molecule has 0 heterocycles. The van der Waals surface area contributed by atoms with E-state index in [1.54, 1.807) is 7.11 Å². The second-order valence-electron chi connectivity index (χ2n) is 3.98. The molecule has 1 N–H and O–H groups in total. The van der Waals surface area contributed by atoms with E-state index in [4.69, 9.17) is 4.74 Å². The van der Waals surface area contributed by atoms with Crippen molar-refractivity contribution in [3.05, 3.63) is 34.3 Å². The number of nitrogens with one attached hydrogen (secondary N) is 1. The highest BCUT2D eigenvalue weighted by Gasteiger charge is 2.18. The minimum absolute atomic E-state index is 0.771. The third-order valence-electron chi connectivity index (χ3n) is 2.59. The van der Waals surface area contributed by atoms with E-state index >= 15 is 0 Å². The maximum Gasteiger partial charge on any atom is 0.133 e. The number of methoxy groups -OCH3 is 1. The van der Waals surface area contributed by atoms with Crippen LogP contribution in [-0.2, 0) is 0 Å². The second kappa shape index (κ2) is 5.51. The summed E-state index contributed by atoms with van der Waals surface area (Å²) in [7, 11) is 1.68. The molecule has 2 rings (SSSR count). The fourth-order valence-corrected chi connectivity index (χ4v) is 2.06. The summed E-state index contributed by atoms with van der Waals surface area (Å²) in [4.78, 5) is 0. The Morgan fingerprint density at radius 2 is 2.31 bits per heavy atom. The van der Waals surface area contributed by atoms with Crippen LogP contribution in [0.15, 0.2) is 28.7 Å². The lowest BCUT2D eigenvalue weighted by Gasteiger charge is -2.03. The first-order valence-electron chi connectivity index (χ1n) is 5.53. The molecular formula is C13H16BrNO. The topological polar surface area (TPSA) is 21.3 Å². The third kappa shape index (κ3) is 3.35. The van der Waals surface area contributed by atoms with Crippen LogP contribution in [0.25, 0.3) is 6.08 Å². The molecule has 0 bridgehead atoms. The molecule has 1 aliphatic carbocycles. The van der Waals surface area contributed by atoms with Crippen LogP contribution in [0, 0.1) is 0 Å². The maximum atomic E-state index is 5.18. The Hall–Kier alpha value is -0.800. The van der Waals surface area contributed by atoms with Gasteiger partial charge >= 0.3 is 0 Å². The predicted octanol–water partition coefficient (Wildman–Crippen LogP) is 3.22. The summed E-state index contributed by atoms with van der Waals surface area (Å²) < 4.78 is 6.17. The Morgan fingerprint density at radius 3 is 2.94 bits per heavy atom. The van der Waals surface area contributed by atoms with Gasteiger partial charge in [-0.3, -0.25) is 0 Å². The summed E-state index contributed by atoms with van der Waals surface area (Å²) in [5.41, 5.74) is 1.19. The zero-order chi connectivity index (χ0) is 11.4. The van der Waals surface area contributed by atoms with Crippen LogP contribution in [0.1, 0.15) is 18.4 Å². The molecule has 0 radical (unpaired) electrons. The zero-order valence-electron chi connectivity index (χ0n) is 9.37. The van der Waals surface area contributed by atoms with Crippen molar-refractivity contribution in [2.45, 2.75) is 18.9 Å². The lowest BCUT2D eigenvalue weighted by Crippen LogP contribution is -2.15. The van der Waals surface area contributed by atoms with Crippen molar-refractivity contribution in [2.24, 2.45) is 0 Å². The highest BCUT2D eigenvalue weighted by Crippen LogP contribution is 2.25. The summed E-state index contributed by atoms with van der Waals surface area (Å²) in [6, 6.07) is 6.86. The molecule has 0 atom stereocenters. The van der Waals surface area contributed by atoms with Gasteiger partial charge < -0.3 is 10.1 Å². The van der Waals surface area contributed by atoms with E-state index in [2.05, 4.69) is 45.5 Å². The van der Waals surface area contributed by atoms with Gasteiger partial charge in [-0.05, 0) is 46.5 Å². The number of benzene rings is 1. The largest absolute Gasteiger partial charge is 0.496 e. The van der Waals surface area contributed by atoms with Gasteiger partial charge in [-0.25, -0.2) is 0 Å². The van der Waals surface area contributed by atoms with Gasteiger partial charge in [0.25, 0.3) is 0 Å². The summed E-state index contributed by atoms with van der Waals surface area (Å²) in [5.74, 6) is 0.869. The van der Waals surface area contributed by atoms with E-state index in [0.29, 0.717) is 0 Å². The molecule has 0 aliphatic heterocycles. The molecule has 0 saturated heterocycles. The Bertz CT molecular complexity index is 386. The van der Waals surface area contributed by atoms with E-state index in [-0.39, 0.29) is 0 Å². The van der Waals surface area contributed by atoms with Crippen molar-refractivity contribution < 1.29 is 4.74 Å². The first-order valence-corrected chi connectivity index (χ1v) is 6.32. The van der Waals surface area contributed by atoms with Crippen molar-refractivity contribution in [3.8, 4) is 5.75 Å². The van der Waals surface area contributed by atoms with Crippen molar-refractivity contribution in [1.29, 1.82) is 0 Å². The first kappa shape index (κ1) is 11.7. The third-order valence-corrected chi connectivity index (χ3v) is 3.21. The van der Waals surface area contributed by atoms with Crippen LogP contribution >= 0.6 is 15.9 Å². The molecule has 0 aromatic heterocycles. The summed E-state index contributed by atoms with van der Waals surface area (Å²) in [5, 5.41) is 3.44. The van der Waals surface area contributed by atoms with Crippen LogP contribution in [0.2, 0.25) is 0 Å². The number of ether oxygens (including phenoxy) is 1. The van der Waals surface area contributed by atoms with Crippen molar-refractivity contribution >= 4 is 22.0 Å². The standard InChI is InChI=1S/C13H16BrNO/c1-16-13-7-4-10(9-12(13)14)3-2-8-15-11-5-6-11/h2-4,7,9,11,15H,5-6,8H2,1H3. The molecule has 1 aliphatic rings. The zero-order valence-corrected chi connectivity index (χ0v) is 11.0. The molecular weight excluding hydrogens is 266 g/mol. The van der Waals surface area contributed by atoms with Crippen LogP contribution in [0.5, 0.6) is 5.75 Å². The smallest absolute Gasteiger partial charge is 0.133 e. The molecule has 1 aromatic rings. The van der Waals surface area contributed by atoms with Gasteiger partial charge in [0.1, 0.15) is 5.75 Å². The SMILES string of the molecule is COc1ccc(C=CCNC2CC2)cc1Br. The van der Waals surface area contributed by atoms with Gasteiger partial charge in [-0.15, -0.1) is 0 Å². The molecule has 1 fully saturated rings. The number of hydrogen-bond donors (Lipinski definition) is 1. The number of hydrogen-bond acceptors (Lipinski definition) is 2. The molecule has 1 aromatic carbocycles. The van der Waals surface area contributed by atoms with E-state index < -0.39 is 0 Å². The normalized spacial score (nSPS) is 15.6. The Kier molecular flexibility index (Phi) is 4.02. The van der Waals surface area contributed by atoms with Crippen molar-refractivity contribution in [1.82, 2.24) is 5.32 Å². The average molecular weight is 282 g/mol. The van der Waals surface area contributed by atoms with E-state index in [0.717, 1.165) is 22.8 Å². The van der Waals surface area contributed by atoms with Crippen LogP contribution in [0.4, 0.5) is 0 Å². The quantitative estimate of drug-likeness (QED) is 0.895. The fraction of sp³-hybridized carbons (Fsp3) is 0.385. The Labute approximate surface area is 105 Å². The minimum Gasteiger partial charge on any atom is -0.496 e. The van der Waals surface area contributed by atoms with Gasteiger partial charge in [-0.1, -0.05) is 18.2 Å². The second-order valence-corrected chi connectivity index (χ2v) is 4.83. The molecule has 16 heavy (non-hydrogen) atoms. The summed E-state index contributed by atoms with van der Waals surface area (Å²) in [6.07, 6.45) is 6.95. The summed E-state index contributed by atoms with van der Waals surface area (Å²) in [6.45, 7) is 0.953. The molecule has 1 saturated carbocycles. The monoisotopic (exact) mass is 281 g/mol. The number of rotatable bonds is 5. The molecule has 0 spiro atoms. The molecule has 0 unspecified atom stereocenters. The van der Waals surface area contributed by atoms with Gasteiger partial charge in [0, 0.05) is 12.6 Å². The fourth-order valence-electron chi connectivity index (χ4n) is 1.50. The lowest BCUT2D eigenvalue weighted by molar-refractivity contribution is 0.412. The van der Waals surface area contributed by atoms with Crippen molar-refractivity contribution in [2.75, 3.05) is 13.7 Å².